The molecule has 0 spiro atoms. The van der Waals surface area contributed by atoms with E-state index in [4.69, 9.17) is 5.11 Å². The van der Waals surface area contributed by atoms with Crippen LogP contribution in [0.25, 0.3) is 0 Å². The van der Waals surface area contributed by atoms with Gasteiger partial charge in [-0.25, -0.2) is 9.78 Å². The molecule has 0 aliphatic heterocycles. The molecular formula is C13H9FN2O3. The minimum absolute atomic E-state index is 0.0544. The number of anilines is 1. The van der Waals surface area contributed by atoms with Gasteiger partial charge in [0.25, 0.3) is 5.91 Å². The van der Waals surface area contributed by atoms with Crippen LogP contribution in [0, 0.1) is 5.95 Å². The molecule has 0 aliphatic rings. The fourth-order valence-electron chi connectivity index (χ4n) is 1.48. The third kappa shape index (κ3) is 3.12. The number of hydrogen-bond acceptors (Lipinski definition) is 3. The van der Waals surface area contributed by atoms with Gasteiger partial charge in [0, 0.05) is 23.5 Å². The molecule has 6 heteroatoms. The van der Waals surface area contributed by atoms with Crippen LogP contribution in [-0.4, -0.2) is 22.0 Å². The summed E-state index contributed by atoms with van der Waals surface area (Å²) < 4.78 is 12.9. The average molecular weight is 260 g/mol. The fraction of sp³-hybridized carbons (Fsp3) is 0. The highest BCUT2D eigenvalue weighted by Gasteiger charge is 2.09. The highest BCUT2D eigenvalue weighted by Crippen LogP contribution is 2.12. The number of carboxylic acids is 1. The predicted octanol–water partition coefficient (Wildman–Crippen LogP) is 2.17. The van der Waals surface area contributed by atoms with E-state index in [2.05, 4.69) is 10.3 Å². The molecular weight excluding hydrogens is 251 g/mol. The first-order valence-electron chi connectivity index (χ1n) is 5.32. The second-order valence-corrected chi connectivity index (χ2v) is 3.71. The van der Waals surface area contributed by atoms with E-state index in [9.17, 15) is 14.0 Å². The van der Waals surface area contributed by atoms with Gasteiger partial charge in [0.15, 0.2) is 0 Å². The summed E-state index contributed by atoms with van der Waals surface area (Å²) in [6.07, 6.45) is 1.18. The lowest BCUT2D eigenvalue weighted by atomic mass is 10.2. The quantitative estimate of drug-likeness (QED) is 0.829. The molecule has 1 aromatic heterocycles. The summed E-state index contributed by atoms with van der Waals surface area (Å²) in [7, 11) is 0. The second kappa shape index (κ2) is 5.26. The Bertz CT molecular complexity index is 643. The zero-order valence-corrected chi connectivity index (χ0v) is 9.63. The van der Waals surface area contributed by atoms with E-state index < -0.39 is 17.8 Å². The number of amides is 1. The Morgan fingerprint density at radius 2 is 1.95 bits per heavy atom. The first kappa shape index (κ1) is 12.7. The number of nitrogens with one attached hydrogen (secondary N) is 1. The van der Waals surface area contributed by atoms with E-state index in [1.165, 1.54) is 30.5 Å². The molecule has 2 rings (SSSR count). The lowest BCUT2D eigenvalue weighted by Gasteiger charge is -2.05. The summed E-state index contributed by atoms with van der Waals surface area (Å²) in [6, 6.07) is 8.13. The standard InChI is InChI=1S/C13H9FN2O3/c14-11-7-8(4-5-15-11)12(17)16-10-3-1-2-9(6-10)13(18)19/h1-7H,(H,16,17)(H,18,19). The van der Waals surface area contributed by atoms with E-state index in [0.717, 1.165) is 6.07 Å². The van der Waals surface area contributed by atoms with Gasteiger partial charge in [0.1, 0.15) is 0 Å². The Morgan fingerprint density at radius 3 is 2.63 bits per heavy atom. The van der Waals surface area contributed by atoms with Crippen LogP contribution >= 0.6 is 0 Å². The van der Waals surface area contributed by atoms with Crippen molar-refractivity contribution in [2.45, 2.75) is 0 Å². The third-order valence-electron chi connectivity index (χ3n) is 2.36. The molecule has 96 valence electrons. The molecule has 0 aliphatic carbocycles. The van der Waals surface area contributed by atoms with Crippen molar-refractivity contribution in [3.63, 3.8) is 0 Å². The number of benzene rings is 1. The molecule has 0 fully saturated rings. The molecule has 0 bridgehead atoms. The fourth-order valence-corrected chi connectivity index (χ4v) is 1.48. The zero-order valence-electron chi connectivity index (χ0n) is 9.63. The van der Waals surface area contributed by atoms with Crippen LogP contribution in [0.5, 0.6) is 0 Å². The number of aromatic carboxylic acids is 1. The van der Waals surface area contributed by atoms with Gasteiger partial charge >= 0.3 is 5.97 Å². The normalized spacial score (nSPS) is 9.95. The molecule has 0 atom stereocenters. The van der Waals surface area contributed by atoms with Crippen molar-refractivity contribution < 1.29 is 19.1 Å². The Kier molecular flexibility index (Phi) is 3.51. The molecule has 0 saturated heterocycles. The van der Waals surface area contributed by atoms with E-state index in [1.807, 2.05) is 0 Å². The molecule has 0 saturated carbocycles. The van der Waals surface area contributed by atoms with Crippen molar-refractivity contribution in [3.8, 4) is 0 Å². The molecule has 1 heterocycles. The maximum atomic E-state index is 12.9. The van der Waals surface area contributed by atoms with Crippen LogP contribution in [0.15, 0.2) is 42.6 Å². The highest BCUT2D eigenvalue weighted by molar-refractivity contribution is 6.04. The average Bonchev–Trinajstić information content (AvgIpc) is 2.39. The molecule has 1 aromatic carbocycles. The Balaban J connectivity index is 2.19. The molecule has 0 radical (unpaired) electrons. The van der Waals surface area contributed by atoms with Crippen molar-refractivity contribution in [1.29, 1.82) is 0 Å². The minimum atomic E-state index is -1.09. The van der Waals surface area contributed by atoms with Crippen LogP contribution < -0.4 is 5.32 Å². The van der Waals surface area contributed by atoms with E-state index >= 15 is 0 Å². The van der Waals surface area contributed by atoms with Crippen LogP contribution in [-0.2, 0) is 0 Å². The summed E-state index contributed by atoms with van der Waals surface area (Å²) in [5.74, 6) is -2.39. The van der Waals surface area contributed by atoms with Gasteiger partial charge in [-0.15, -0.1) is 0 Å². The number of carbonyl (C=O) groups excluding carboxylic acids is 1. The maximum Gasteiger partial charge on any atom is 0.335 e. The summed E-state index contributed by atoms with van der Waals surface area (Å²) >= 11 is 0. The Labute approximate surface area is 107 Å². The molecule has 19 heavy (non-hydrogen) atoms. The van der Waals surface area contributed by atoms with Gasteiger partial charge in [-0.1, -0.05) is 6.07 Å². The first-order chi connectivity index (χ1) is 9.06. The van der Waals surface area contributed by atoms with Gasteiger partial charge in [-0.05, 0) is 24.3 Å². The second-order valence-electron chi connectivity index (χ2n) is 3.71. The first-order valence-corrected chi connectivity index (χ1v) is 5.32. The van der Waals surface area contributed by atoms with Crippen molar-refractivity contribution in [2.75, 3.05) is 5.32 Å². The number of nitrogens with zero attached hydrogens (tertiary/aromatic N) is 1. The molecule has 0 unspecified atom stereocenters. The number of carboxylic acid groups (broad SMARTS) is 1. The lowest BCUT2D eigenvalue weighted by molar-refractivity contribution is 0.0696. The topological polar surface area (TPSA) is 79.3 Å². The van der Waals surface area contributed by atoms with Crippen LogP contribution in [0.1, 0.15) is 20.7 Å². The summed E-state index contributed by atoms with van der Waals surface area (Å²) in [6.45, 7) is 0. The number of aromatic nitrogens is 1. The number of hydrogen-bond donors (Lipinski definition) is 2. The van der Waals surface area contributed by atoms with Crippen molar-refractivity contribution >= 4 is 17.6 Å². The monoisotopic (exact) mass is 260 g/mol. The van der Waals surface area contributed by atoms with E-state index in [1.54, 1.807) is 6.07 Å². The van der Waals surface area contributed by atoms with Crippen molar-refractivity contribution in [1.82, 2.24) is 4.98 Å². The lowest BCUT2D eigenvalue weighted by Crippen LogP contribution is -2.12. The Hall–Kier alpha value is -2.76. The number of halogens is 1. The molecule has 2 aromatic rings. The van der Waals surface area contributed by atoms with Crippen molar-refractivity contribution in [2.24, 2.45) is 0 Å². The summed E-state index contributed by atoms with van der Waals surface area (Å²) in [5.41, 5.74) is 0.481. The predicted molar refractivity (Wildman–Crippen MR) is 65.5 cm³/mol. The molecule has 5 nitrogen and oxygen atoms in total. The zero-order chi connectivity index (χ0) is 13.8. The van der Waals surface area contributed by atoms with Gasteiger partial charge in [0.2, 0.25) is 5.95 Å². The van der Waals surface area contributed by atoms with Crippen LogP contribution in [0.3, 0.4) is 0 Å². The van der Waals surface area contributed by atoms with Crippen molar-refractivity contribution in [3.05, 3.63) is 59.7 Å². The minimum Gasteiger partial charge on any atom is -0.478 e. The number of pyridine rings is 1. The van der Waals surface area contributed by atoms with Crippen LogP contribution in [0.4, 0.5) is 10.1 Å². The van der Waals surface area contributed by atoms with Crippen LogP contribution in [0.2, 0.25) is 0 Å². The number of carbonyl (C=O) groups is 2. The molecule has 2 N–H and O–H groups in total. The summed E-state index contributed by atoms with van der Waals surface area (Å²) in [5, 5.41) is 11.3. The molecule has 1 amide bonds. The smallest absolute Gasteiger partial charge is 0.335 e. The van der Waals surface area contributed by atoms with E-state index in [0.29, 0.717) is 5.69 Å². The van der Waals surface area contributed by atoms with Gasteiger partial charge in [-0.3, -0.25) is 4.79 Å². The largest absolute Gasteiger partial charge is 0.478 e. The number of rotatable bonds is 3. The van der Waals surface area contributed by atoms with Gasteiger partial charge < -0.3 is 10.4 Å². The third-order valence-corrected chi connectivity index (χ3v) is 2.36. The maximum absolute atomic E-state index is 12.9. The van der Waals surface area contributed by atoms with Gasteiger partial charge in [0.05, 0.1) is 5.56 Å². The van der Waals surface area contributed by atoms with Gasteiger partial charge in [-0.2, -0.15) is 4.39 Å². The van der Waals surface area contributed by atoms with E-state index in [-0.39, 0.29) is 11.1 Å². The summed E-state index contributed by atoms with van der Waals surface area (Å²) in [4.78, 5) is 25.9. The Morgan fingerprint density at radius 1 is 1.16 bits per heavy atom. The SMILES string of the molecule is O=C(O)c1cccc(NC(=O)c2ccnc(F)c2)c1. The highest BCUT2D eigenvalue weighted by atomic mass is 19.1.